The third-order valence-electron chi connectivity index (χ3n) is 5.44. The van der Waals surface area contributed by atoms with E-state index in [1.165, 1.54) is 0 Å². The number of halogens is 1. The smallest absolute Gasteiger partial charge is 0.252 e. The summed E-state index contributed by atoms with van der Waals surface area (Å²) in [7, 11) is 0. The summed E-state index contributed by atoms with van der Waals surface area (Å²) in [5, 5.41) is 16.1. The molecule has 0 aliphatic rings. The van der Waals surface area contributed by atoms with Crippen molar-refractivity contribution in [3.05, 3.63) is 113 Å². The molecule has 2 heterocycles. The van der Waals surface area contributed by atoms with Crippen LogP contribution in [0.5, 0.6) is 5.88 Å². The van der Waals surface area contributed by atoms with Crippen LogP contribution in [-0.4, -0.2) is 44.7 Å². The van der Waals surface area contributed by atoms with E-state index in [1.807, 2.05) is 24.3 Å². The number of amides is 1. The van der Waals surface area contributed by atoms with Crippen LogP contribution in [0.3, 0.4) is 0 Å². The largest absolute Gasteiger partial charge is 0.475 e. The molecule has 0 saturated heterocycles. The molecule has 178 valence electrons. The highest BCUT2D eigenvalue weighted by Crippen LogP contribution is 2.26. The maximum atomic E-state index is 12.9. The second-order valence-corrected chi connectivity index (χ2v) is 8.20. The number of nitrogens with zero attached hydrogens (tertiary/aromatic N) is 4. The van der Waals surface area contributed by atoms with Crippen LogP contribution in [0, 0.1) is 0 Å². The molecule has 3 aromatic carbocycles. The number of carbonyl (C=O) groups excluding carboxylic acids is 2. The maximum absolute atomic E-state index is 12.9. The molecule has 0 bridgehead atoms. The monoisotopic (exact) mass is 497 g/mol. The van der Waals surface area contributed by atoms with Crippen molar-refractivity contribution in [2.75, 3.05) is 13.2 Å². The molecule has 0 spiro atoms. The summed E-state index contributed by atoms with van der Waals surface area (Å²) in [6.45, 7) is 0.383. The molecule has 0 aliphatic heterocycles. The fourth-order valence-corrected chi connectivity index (χ4v) is 3.92. The summed E-state index contributed by atoms with van der Waals surface area (Å²) >= 11 is 6.30. The van der Waals surface area contributed by atoms with Crippen molar-refractivity contribution in [1.29, 1.82) is 0 Å². The van der Waals surface area contributed by atoms with E-state index in [-0.39, 0.29) is 24.8 Å². The van der Waals surface area contributed by atoms with Crippen molar-refractivity contribution in [2.45, 2.75) is 0 Å². The predicted octanol–water partition coefficient (Wildman–Crippen LogP) is 4.48. The number of carbonyl (C=O) groups is 2. The van der Waals surface area contributed by atoms with Crippen LogP contribution in [0.1, 0.15) is 26.3 Å². The summed E-state index contributed by atoms with van der Waals surface area (Å²) in [6.07, 6.45) is 0. The lowest BCUT2D eigenvalue weighted by atomic mass is 9.98. The van der Waals surface area contributed by atoms with Gasteiger partial charge in [0.15, 0.2) is 17.3 Å². The highest BCUT2D eigenvalue weighted by molar-refractivity contribution is 6.33. The number of hydrogen-bond acceptors (Lipinski definition) is 6. The minimum atomic E-state index is -0.360. The molecular weight excluding hydrogens is 478 g/mol. The molecule has 1 amide bonds. The van der Waals surface area contributed by atoms with Gasteiger partial charge in [0.2, 0.25) is 5.88 Å². The first-order valence-electron chi connectivity index (χ1n) is 11.2. The van der Waals surface area contributed by atoms with Gasteiger partial charge in [-0.1, -0.05) is 72.3 Å². The first kappa shape index (κ1) is 23.2. The molecule has 9 heteroatoms. The number of hydrogen-bond donors (Lipinski definition) is 1. The fraction of sp³-hybridized carbons (Fsp3) is 0.0741. The van der Waals surface area contributed by atoms with E-state index in [9.17, 15) is 9.59 Å². The summed E-state index contributed by atoms with van der Waals surface area (Å²) in [5.74, 6) is 0.263. The zero-order valence-electron chi connectivity index (χ0n) is 19.0. The number of benzene rings is 3. The molecule has 8 nitrogen and oxygen atoms in total. The van der Waals surface area contributed by atoms with Crippen LogP contribution in [0.15, 0.2) is 91.0 Å². The molecule has 0 saturated carbocycles. The van der Waals surface area contributed by atoms with Crippen LogP contribution in [0.4, 0.5) is 0 Å². The summed E-state index contributed by atoms with van der Waals surface area (Å²) in [4.78, 5) is 25.7. The molecule has 0 unspecified atom stereocenters. The maximum Gasteiger partial charge on any atom is 0.252 e. The second kappa shape index (κ2) is 10.4. The van der Waals surface area contributed by atoms with Crippen LogP contribution in [0.2, 0.25) is 5.02 Å². The van der Waals surface area contributed by atoms with Gasteiger partial charge in [0.1, 0.15) is 6.61 Å². The molecule has 5 rings (SSSR count). The average Bonchev–Trinajstić information content (AvgIpc) is 3.34. The minimum Gasteiger partial charge on any atom is -0.475 e. The van der Waals surface area contributed by atoms with Gasteiger partial charge in [-0.15, -0.1) is 15.3 Å². The normalized spacial score (nSPS) is 10.8. The lowest BCUT2D eigenvalue weighted by Gasteiger charge is -2.10. The third-order valence-corrected chi connectivity index (χ3v) is 5.77. The van der Waals surface area contributed by atoms with Gasteiger partial charge in [0.25, 0.3) is 5.91 Å². The zero-order valence-corrected chi connectivity index (χ0v) is 19.7. The summed E-state index contributed by atoms with van der Waals surface area (Å²) in [5.41, 5.74) is 2.42. The predicted molar refractivity (Wildman–Crippen MR) is 135 cm³/mol. The Hall–Kier alpha value is -4.56. The summed E-state index contributed by atoms with van der Waals surface area (Å²) in [6, 6.07) is 26.3. The van der Waals surface area contributed by atoms with Gasteiger partial charge in [0.05, 0.1) is 17.1 Å². The van der Waals surface area contributed by atoms with Crippen molar-refractivity contribution in [2.24, 2.45) is 0 Å². The molecule has 5 aromatic rings. The highest BCUT2D eigenvalue weighted by atomic mass is 35.5. The number of ketones is 1. The molecule has 0 aliphatic carbocycles. The van der Waals surface area contributed by atoms with Gasteiger partial charge in [-0.2, -0.15) is 4.52 Å². The molecular formula is C27H20ClN5O3. The highest BCUT2D eigenvalue weighted by Gasteiger charge is 2.18. The molecule has 0 atom stereocenters. The van der Waals surface area contributed by atoms with E-state index in [0.717, 1.165) is 0 Å². The van der Waals surface area contributed by atoms with Crippen LogP contribution in [0.25, 0.3) is 17.0 Å². The van der Waals surface area contributed by atoms with Crippen molar-refractivity contribution in [1.82, 2.24) is 25.1 Å². The lowest BCUT2D eigenvalue weighted by Crippen LogP contribution is -2.29. The Balaban J connectivity index is 1.24. The van der Waals surface area contributed by atoms with Crippen LogP contribution >= 0.6 is 11.6 Å². The van der Waals surface area contributed by atoms with E-state index < -0.39 is 0 Å². The van der Waals surface area contributed by atoms with Crippen molar-refractivity contribution >= 4 is 28.9 Å². The van der Waals surface area contributed by atoms with Crippen LogP contribution < -0.4 is 10.1 Å². The number of nitrogens with one attached hydrogen (secondary N) is 1. The first-order valence-corrected chi connectivity index (χ1v) is 11.6. The molecule has 1 N–H and O–H groups in total. The SMILES string of the molecule is O=C(NCCOc1ccc2nnc(-c3ccccc3Cl)n2n1)c1ccccc1C(=O)c1ccccc1. The zero-order chi connectivity index (χ0) is 24.9. The lowest BCUT2D eigenvalue weighted by molar-refractivity contribution is 0.0936. The Labute approximate surface area is 211 Å². The Morgan fingerprint density at radius 3 is 2.36 bits per heavy atom. The summed E-state index contributed by atoms with van der Waals surface area (Å²) < 4.78 is 7.29. The quantitative estimate of drug-likeness (QED) is 0.250. The Kier molecular flexibility index (Phi) is 6.68. The third kappa shape index (κ3) is 4.80. The number of rotatable bonds is 8. The van der Waals surface area contributed by atoms with E-state index in [1.54, 1.807) is 71.2 Å². The Morgan fingerprint density at radius 1 is 0.833 bits per heavy atom. The van der Waals surface area contributed by atoms with E-state index in [0.29, 0.717) is 44.6 Å². The molecule has 0 radical (unpaired) electrons. The number of fused-ring (bicyclic) bond motifs is 1. The van der Waals surface area contributed by atoms with Gasteiger partial charge in [-0.05, 0) is 24.3 Å². The van der Waals surface area contributed by atoms with Crippen molar-refractivity contribution < 1.29 is 14.3 Å². The number of aromatic nitrogens is 4. The van der Waals surface area contributed by atoms with Crippen LogP contribution in [-0.2, 0) is 0 Å². The van der Waals surface area contributed by atoms with Gasteiger partial charge in [0, 0.05) is 22.8 Å². The molecule has 36 heavy (non-hydrogen) atoms. The van der Waals surface area contributed by atoms with Gasteiger partial charge in [-0.3, -0.25) is 9.59 Å². The Bertz CT molecular complexity index is 1550. The fourth-order valence-electron chi connectivity index (χ4n) is 3.70. The molecule has 2 aromatic heterocycles. The Morgan fingerprint density at radius 2 is 1.56 bits per heavy atom. The number of ether oxygens (including phenoxy) is 1. The second-order valence-electron chi connectivity index (χ2n) is 7.79. The van der Waals surface area contributed by atoms with E-state index in [2.05, 4.69) is 20.6 Å². The van der Waals surface area contributed by atoms with Crippen molar-refractivity contribution in [3.8, 4) is 17.3 Å². The standard InChI is InChI=1S/C27H20ClN5O3/c28-22-13-7-6-12-21(22)26-31-30-23-14-15-24(32-33(23)26)36-17-16-29-27(35)20-11-5-4-10-19(20)25(34)18-8-2-1-3-9-18/h1-15H,16-17H2,(H,29,35). The topological polar surface area (TPSA) is 98.5 Å². The first-order chi connectivity index (χ1) is 17.6. The van der Waals surface area contributed by atoms with Gasteiger partial charge < -0.3 is 10.1 Å². The minimum absolute atomic E-state index is 0.169. The van der Waals surface area contributed by atoms with Gasteiger partial charge >= 0.3 is 0 Å². The van der Waals surface area contributed by atoms with E-state index in [4.69, 9.17) is 16.3 Å². The van der Waals surface area contributed by atoms with Crippen molar-refractivity contribution in [3.63, 3.8) is 0 Å². The molecule has 0 fully saturated rings. The average molecular weight is 498 g/mol. The van der Waals surface area contributed by atoms with Gasteiger partial charge in [-0.25, -0.2) is 0 Å². The van der Waals surface area contributed by atoms with E-state index >= 15 is 0 Å².